The molecular weight excluding hydrogens is 193 g/mol. The average Bonchev–Trinajstić information content (AvgIpc) is 1.83. The Hall–Kier alpha value is 0.500. The summed E-state index contributed by atoms with van der Waals surface area (Å²) in [5.74, 6) is -0.770. The Kier molecular flexibility index (Phi) is 3.86. The maximum atomic E-state index is 11.6. The second kappa shape index (κ2) is 3.70. The van der Waals surface area contributed by atoms with E-state index in [1.54, 1.807) is 27.7 Å². The second-order valence-corrected chi connectivity index (χ2v) is 7.95. The molecule has 12 heavy (non-hydrogen) atoms. The fourth-order valence-electron chi connectivity index (χ4n) is 0.774. The van der Waals surface area contributed by atoms with Crippen LogP contribution in [-0.4, -0.2) is 21.1 Å². The van der Waals surface area contributed by atoms with Crippen LogP contribution in [0.1, 0.15) is 27.7 Å². The molecule has 0 saturated heterocycles. The molecule has 0 aliphatic carbocycles. The molecule has 0 rings (SSSR count). The lowest BCUT2D eigenvalue weighted by atomic mass is 10.2. The highest BCUT2D eigenvalue weighted by molar-refractivity contribution is 7.82. The van der Waals surface area contributed by atoms with Crippen molar-refractivity contribution in [2.75, 3.05) is 0 Å². The van der Waals surface area contributed by atoms with Crippen molar-refractivity contribution in [3.05, 3.63) is 0 Å². The summed E-state index contributed by atoms with van der Waals surface area (Å²) in [5.41, 5.74) is 5.33. The molecule has 2 atom stereocenters. The number of rotatable bonds is 3. The standard InChI is InChI=1S/C7H18NO2PS/c1-5(2)11(9,10)6(8)7(3,4)12/h5-6,12H,8H2,1-4H3,(H,9,10). The summed E-state index contributed by atoms with van der Waals surface area (Å²) in [6.07, 6.45) is 0. The van der Waals surface area contributed by atoms with Gasteiger partial charge >= 0.3 is 0 Å². The van der Waals surface area contributed by atoms with Gasteiger partial charge in [0.1, 0.15) is 0 Å². The number of thiol groups is 1. The van der Waals surface area contributed by atoms with Crippen LogP contribution in [0.15, 0.2) is 0 Å². The second-order valence-electron chi connectivity index (χ2n) is 3.86. The molecule has 0 aromatic heterocycles. The van der Waals surface area contributed by atoms with Gasteiger partial charge in [-0.2, -0.15) is 12.6 Å². The number of hydrogen-bond donors (Lipinski definition) is 3. The normalized spacial score (nSPS) is 20.7. The van der Waals surface area contributed by atoms with Gasteiger partial charge in [-0.05, 0) is 13.8 Å². The zero-order chi connectivity index (χ0) is 10.2. The third kappa shape index (κ3) is 2.77. The maximum absolute atomic E-state index is 11.6. The third-order valence-electron chi connectivity index (χ3n) is 1.86. The van der Waals surface area contributed by atoms with E-state index in [1.165, 1.54) is 0 Å². The zero-order valence-electron chi connectivity index (χ0n) is 7.98. The van der Waals surface area contributed by atoms with Crippen molar-refractivity contribution in [1.82, 2.24) is 0 Å². The van der Waals surface area contributed by atoms with Gasteiger partial charge in [-0.25, -0.2) is 0 Å². The molecule has 0 saturated carbocycles. The summed E-state index contributed by atoms with van der Waals surface area (Å²) in [5, 5.41) is 0. The van der Waals surface area contributed by atoms with Crippen LogP contribution in [0.5, 0.6) is 0 Å². The van der Waals surface area contributed by atoms with E-state index >= 15 is 0 Å². The van der Waals surface area contributed by atoms with Crippen LogP contribution in [0.3, 0.4) is 0 Å². The van der Waals surface area contributed by atoms with Gasteiger partial charge < -0.3 is 10.6 Å². The largest absolute Gasteiger partial charge is 0.343 e. The van der Waals surface area contributed by atoms with Gasteiger partial charge in [0.15, 0.2) is 0 Å². The molecule has 3 nitrogen and oxygen atoms in total. The predicted octanol–water partition coefficient (Wildman–Crippen LogP) is 1.66. The molecule has 0 aromatic rings. The van der Waals surface area contributed by atoms with Crippen LogP contribution in [-0.2, 0) is 4.57 Å². The van der Waals surface area contributed by atoms with Crippen LogP contribution in [0, 0.1) is 0 Å². The SMILES string of the molecule is CC(C)P(=O)(O)C(N)C(C)(C)S. The maximum Gasteiger partial charge on any atom is 0.220 e. The average molecular weight is 211 g/mol. The summed E-state index contributed by atoms with van der Waals surface area (Å²) in [6.45, 7) is 6.87. The Labute approximate surface area is 79.6 Å². The Morgan fingerprint density at radius 3 is 1.92 bits per heavy atom. The lowest BCUT2D eigenvalue weighted by molar-refractivity contribution is 0.440. The van der Waals surface area contributed by atoms with Crippen molar-refractivity contribution in [3.63, 3.8) is 0 Å². The Bertz CT molecular complexity index is 200. The first-order valence-corrected chi connectivity index (χ1v) is 6.14. The van der Waals surface area contributed by atoms with Gasteiger partial charge in [0, 0.05) is 10.4 Å². The predicted molar refractivity (Wildman–Crippen MR) is 56.0 cm³/mol. The molecule has 0 fully saturated rings. The highest BCUT2D eigenvalue weighted by atomic mass is 32.1. The number of nitrogens with two attached hydrogens (primary N) is 1. The van der Waals surface area contributed by atoms with Crippen molar-refractivity contribution < 1.29 is 9.46 Å². The quantitative estimate of drug-likeness (QED) is 0.491. The van der Waals surface area contributed by atoms with Crippen molar-refractivity contribution in [2.45, 2.75) is 43.9 Å². The van der Waals surface area contributed by atoms with Crippen LogP contribution in [0.25, 0.3) is 0 Å². The van der Waals surface area contributed by atoms with Crippen molar-refractivity contribution in [3.8, 4) is 0 Å². The van der Waals surface area contributed by atoms with Crippen LogP contribution in [0.2, 0.25) is 0 Å². The molecule has 0 aromatic carbocycles. The minimum Gasteiger partial charge on any atom is -0.343 e. The molecule has 3 N–H and O–H groups in total. The minimum atomic E-state index is -3.28. The molecule has 0 aliphatic rings. The summed E-state index contributed by atoms with van der Waals surface area (Å²) >= 11 is 4.18. The summed E-state index contributed by atoms with van der Waals surface area (Å²) < 4.78 is 11.0. The van der Waals surface area contributed by atoms with Gasteiger partial charge in [0.2, 0.25) is 7.37 Å². The lowest BCUT2D eigenvalue weighted by Gasteiger charge is -2.31. The molecule has 0 amide bonds. The van der Waals surface area contributed by atoms with Gasteiger partial charge in [-0.3, -0.25) is 4.57 Å². The molecule has 0 aliphatic heterocycles. The van der Waals surface area contributed by atoms with E-state index in [-0.39, 0.29) is 5.66 Å². The van der Waals surface area contributed by atoms with Gasteiger partial charge in [0.05, 0.1) is 5.78 Å². The van der Waals surface area contributed by atoms with E-state index in [0.29, 0.717) is 0 Å². The van der Waals surface area contributed by atoms with E-state index in [1.807, 2.05) is 0 Å². The first-order chi connectivity index (χ1) is 5.10. The Morgan fingerprint density at radius 1 is 1.50 bits per heavy atom. The molecule has 0 radical (unpaired) electrons. The summed E-state index contributed by atoms with van der Waals surface area (Å²) in [4.78, 5) is 9.58. The van der Waals surface area contributed by atoms with Crippen LogP contribution >= 0.6 is 20.0 Å². The van der Waals surface area contributed by atoms with E-state index in [4.69, 9.17) is 5.73 Å². The topological polar surface area (TPSA) is 63.3 Å². The van der Waals surface area contributed by atoms with Crippen molar-refractivity contribution in [1.29, 1.82) is 0 Å². The van der Waals surface area contributed by atoms with Gasteiger partial charge in [0.25, 0.3) is 0 Å². The van der Waals surface area contributed by atoms with E-state index in [0.717, 1.165) is 0 Å². The molecule has 0 bridgehead atoms. The lowest BCUT2D eigenvalue weighted by Crippen LogP contribution is -2.40. The fraction of sp³-hybridized carbons (Fsp3) is 1.00. The van der Waals surface area contributed by atoms with Crippen molar-refractivity contribution in [2.24, 2.45) is 5.73 Å². The zero-order valence-corrected chi connectivity index (χ0v) is 9.77. The highest BCUT2D eigenvalue weighted by Crippen LogP contribution is 2.53. The molecule has 0 spiro atoms. The summed E-state index contributed by atoms with van der Waals surface area (Å²) in [6, 6.07) is 0. The fourth-order valence-corrected chi connectivity index (χ4v) is 2.82. The highest BCUT2D eigenvalue weighted by Gasteiger charge is 2.39. The number of hydrogen-bond acceptors (Lipinski definition) is 3. The van der Waals surface area contributed by atoms with E-state index in [9.17, 15) is 9.46 Å². The van der Waals surface area contributed by atoms with Crippen LogP contribution < -0.4 is 5.73 Å². The molecule has 74 valence electrons. The monoisotopic (exact) mass is 211 g/mol. The Morgan fingerprint density at radius 2 is 1.83 bits per heavy atom. The van der Waals surface area contributed by atoms with E-state index in [2.05, 4.69) is 12.6 Å². The van der Waals surface area contributed by atoms with Crippen molar-refractivity contribution >= 4 is 20.0 Å². The van der Waals surface area contributed by atoms with Gasteiger partial charge in [-0.1, -0.05) is 13.8 Å². The smallest absolute Gasteiger partial charge is 0.220 e. The van der Waals surface area contributed by atoms with Gasteiger partial charge in [-0.15, -0.1) is 0 Å². The molecule has 2 unspecified atom stereocenters. The van der Waals surface area contributed by atoms with E-state index < -0.39 is 17.9 Å². The first kappa shape index (κ1) is 12.5. The third-order valence-corrected chi connectivity index (χ3v) is 5.27. The molecule has 0 heterocycles. The molecular formula is C7H18NO2PS. The minimum absolute atomic E-state index is 0.307. The van der Waals surface area contributed by atoms with Crippen LogP contribution in [0.4, 0.5) is 0 Å². The Balaban J connectivity index is 4.70. The first-order valence-electron chi connectivity index (χ1n) is 3.90. The summed E-state index contributed by atoms with van der Waals surface area (Å²) in [7, 11) is -3.28. The molecule has 5 heteroatoms.